The number of aromatic hydroxyl groups is 1. The number of allylic oxidation sites excluding steroid dienone is 1. The van der Waals surface area contributed by atoms with Crippen molar-refractivity contribution in [1.82, 2.24) is 0 Å². The van der Waals surface area contributed by atoms with Crippen molar-refractivity contribution in [2.75, 3.05) is 6.61 Å². The molecule has 2 rings (SSSR count). The van der Waals surface area contributed by atoms with Crippen molar-refractivity contribution in [2.45, 2.75) is 20.3 Å². The van der Waals surface area contributed by atoms with E-state index in [9.17, 15) is 5.11 Å². The van der Waals surface area contributed by atoms with Crippen LogP contribution in [-0.2, 0) is 6.42 Å². The van der Waals surface area contributed by atoms with E-state index in [0.717, 1.165) is 23.3 Å². The maximum atomic E-state index is 9.74. The van der Waals surface area contributed by atoms with Crippen LogP contribution in [0.1, 0.15) is 18.1 Å². The first-order valence-corrected chi connectivity index (χ1v) is 4.78. The van der Waals surface area contributed by atoms with E-state index in [4.69, 9.17) is 4.74 Å². The second-order valence-corrected chi connectivity index (χ2v) is 3.80. The first-order valence-electron chi connectivity index (χ1n) is 4.78. The second kappa shape index (κ2) is 3.37. The van der Waals surface area contributed by atoms with Gasteiger partial charge in [-0.15, -0.1) is 0 Å². The van der Waals surface area contributed by atoms with E-state index in [2.05, 4.69) is 6.08 Å². The highest BCUT2D eigenvalue weighted by Gasteiger charge is 2.12. The molecule has 0 radical (unpaired) electrons. The topological polar surface area (TPSA) is 29.5 Å². The summed E-state index contributed by atoms with van der Waals surface area (Å²) >= 11 is 0. The van der Waals surface area contributed by atoms with Gasteiger partial charge in [-0.1, -0.05) is 6.08 Å². The van der Waals surface area contributed by atoms with Gasteiger partial charge in [0.15, 0.2) is 0 Å². The summed E-state index contributed by atoms with van der Waals surface area (Å²) in [6.45, 7) is 4.61. The molecule has 0 spiro atoms. The van der Waals surface area contributed by atoms with Gasteiger partial charge in [-0.05, 0) is 43.5 Å². The highest BCUT2D eigenvalue weighted by molar-refractivity contribution is 5.49. The third-order valence-electron chi connectivity index (χ3n) is 2.44. The van der Waals surface area contributed by atoms with Gasteiger partial charge in [-0.25, -0.2) is 0 Å². The SMILES string of the molecule is CC1=CCc2c(O)cc(C)cc2OC1. The number of phenolic OH excluding ortho intramolecular Hbond substituents is 1. The summed E-state index contributed by atoms with van der Waals surface area (Å²) in [6, 6.07) is 3.75. The number of hydrogen-bond donors (Lipinski definition) is 1. The smallest absolute Gasteiger partial charge is 0.127 e. The molecule has 0 aliphatic carbocycles. The highest BCUT2D eigenvalue weighted by atomic mass is 16.5. The summed E-state index contributed by atoms with van der Waals surface area (Å²) in [5.41, 5.74) is 3.13. The Kier molecular flexibility index (Phi) is 2.20. The minimum atomic E-state index is 0.339. The molecule has 1 heterocycles. The average Bonchev–Trinajstić information content (AvgIpc) is 2.28. The lowest BCUT2D eigenvalue weighted by molar-refractivity contribution is 0.349. The van der Waals surface area contributed by atoms with Gasteiger partial charge in [-0.3, -0.25) is 0 Å². The number of benzene rings is 1. The minimum Gasteiger partial charge on any atom is -0.508 e. The maximum absolute atomic E-state index is 9.74. The summed E-state index contributed by atoms with van der Waals surface area (Å²) < 4.78 is 5.59. The lowest BCUT2D eigenvalue weighted by atomic mass is 10.1. The fourth-order valence-electron chi connectivity index (χ4n) is 1.63. The summed E-state index contributed by atoms with van der Waals surface area (Å²) in [5.74, 6) is 1.15. The predicted octanol–water partition coefficient (Wildman–Crippen LogP) is 2.58. The first kappa shape index (κ1) is 9.13. The van der Waals surface area contributed by atoms with Crippen LogP contribution in [0.3, 0.4) is 0 Å². The highest BCUT2D eigenvalue weighted by Crippen LogP contribution is 2.32. The van der Waals surface area contributed by atoms with Crippen LogP contribution in [0.2, 0.25) is 0 Å². The zero-order valence-electron chi connectivity index (χ0n) is 8.50. The molecule has 1 aliphatic heterocycles. The van der Waals surface area contributed by atoms with Gasteiger partial charge < -0.3 is 9.84 Å². The zero-order valence-corrected chi connectivity index (χ0v) is 8.50. The largest absolute Gasteiger partial charge is 0.508 e. The van der Waals surface area contributed by atoms with Gasteiger partial charge in [-0.2, -0.15) is 0 Å². The number of ether oxygens (including phenoxy) is 1. The number of rotatable bonds is 0. The van der Waals surface area contributed by atoms with Crippen LogP contribution in [0.5, 0.6) is 11.5 Å². The number of aryl methyl sites for hydroxylation is 1. The van der Waals surface area contributed by atoms with E-state index >= 15 is 0 Å². The van der Waals surface area contributed by atoms with Gasteiger partial charge in [0.05, 0.1) is 0 Å². The Balaban J connectivity index is 2.47. The Bertz CT molecular complexity index is 392. The normalized spacial score (nSPS) is 15.1. The molecule has 1 N–H and O–H groups in total. The van der Waals surface area contributed by atoms with E-state index in [-0.39, 0.29) is 0 Å². The van der Waals surface area contributed by atoms with Crippen molar-refractivity contribution >= 4 is 0 Å². The molecule has 0 fully saturated rings. The molecule has 1 aliphatic rings. The summed E-state index contributed by atoms with van der Waals surface area (Å²) in [7, 11) is 0. The molecule has 2 heteroatoms. The minimum absolute atomic E-state index is 0.339. The number of fused-ring (bicyclic) bond motifs is 1. The van der Waals surface area contributed by atoms with E-state index < -0.39 is 0 Å². The molecule has 0 bridgehead atoms. The molecule has 2 nitrogen and oxygen atoms in total. The molecule has 0 amide bonds. The lowest BCUT2D eigenvalue weighted by Crippen LogP contribution is -1.97. The molecule has 0 atom stereocenters. The fourth-order valence-corrected chi connectivity index (χ4v) is 1.63. The molecule has 0 saturated heterocycles. The molecule has 0 unspecified atom stereocenters. The molecular formula is C12H14O2. The van der Waals surface area contributed by atoms with Gasteiger partial charge >= 0.3 is 0 Å². The van der Waals surface area contributed by atoms with Gasteiger partial charge in [0.2, 0.25) is 0 Å². The van der Waals surface area contributed by atoms with Crippen LogP contribution in [0.15, 0.2) is 23.8 Å². The molecule has 14 heavy (non-hydrogen) atoms. The Hall–Kier alpha value is -1.44. The molecule has 1 aromatic carbocycles. The van der Waals surface area contributed by atoms with E-state index in [1.165, 1.54) is 5.57 Å². The molecule has 1 aromatic rings. The maximum Gasteiger partial charge on any atom is 0.127 e. The standard InChI is InChI=1S/C12H14O2/c1-8-3-4-10-11(13)5-9(2)6-12(10)14-7-8/h3,5-6,13H,4,7H2,1-2H3. The van der Waals surface area contributed by atoms with Crippen molar-refractivity contribution in [2.24, 2.45) is 0 Å². The number of hydrogen-bond acceptors (Lipinski definition) is 2. The van der Waals surface area contributed by atoms with Crippen molar-refractivity contribution in [3.05, 3.63) is 34.9 Å². The Morgan fingerprint density at radius 3 is 2.86 bits per heavy atom. The van der Waals surface area contributed by atoms with Gasteiger partial charge in [0.25, 0.3) is 0 Å². The molecular weight excluding hydrogens is 176 g/mol. The monoisotopic (exact) mass is 190 g/mol. The van der Waals surface area contributed by atoms with Crippen LogP contribution >= 0.6 is 0 Å². The van der Waals surface area contributed by atoms with Crippen LogP contribution in [0.25, 0.3) is 0 Å². The van der Waals surface area contributed by atoms with E-state index in [1.54, 1.807) is 6.07 Å². The van der Waals surface area contributed by atoms with E-state index in [1.807, 2.05) is 19.9 Å². The predicted molar refractivity (Wildman–Crippen MR) is 55.8 cm³/mol. The van der Waals surface area contributed by atoms with E-state index in [0.29, 0.717) is 12.4 Å². The summed E-state index contributed by atoms with van der Waals surface area (Å²) in [6.07, 6.45) is 2.86. The van der Waals surface area contributed by atoms with Crippen LogP contribution < -0.4 is 4.74 Å². The molecule has 74 valence electrons. The van der Waals surface area contributed by atoms with Gasteiger partial charge in [0, 0.05) is 5.56 Å². The zero-order chi connectivity index (χ0) is 10.1. The van der Waals surface area contributed by atoms with Crippen LogP contribution in [0.4, 0.5) is 0 Å². The third-order valence-corrected chi connectivity index (χ3v) is 2.44. The average molecular weight is 190 g/mol. The first-order chi connectivity index (χ1) is 6.66. The van der Waals surface area contributed by atoms with Crippen molar-refractivity contribution in [3.8, 4) is 11.5 Å². The molecule has 0 saturated carbocycles. The van der Waals surface area contributed by atoms with Crippen molar-refractivity contribution < 1.29 is 9.84 Å². The lowest BCUT2D eigenvalue weighted by Gasteiger charge is -2.10. The van der Waals surface area contributed by atoms with Gasteiger partial charge in [0.1, 0.15) is 18.1 Å². The Labute approximate surface area is 83.8 Å². The van der Waals surface area contributed by atoms with Crippen molar-refractivity contribution in [3.63, 3.8) is 0 Å². The Morgan fingerprint density at radius 2 is 2.07 bits per heavy atom. The Morgan fingerprint density at radius 1 is 1.29 bits per heavy atom. The fraction of sp³-hybridized carbons (Fsp3) is 0.333. The van der Waals surface area contributed by atoms with Crippen LogP contribution in [-0.4, -0.2) is 11.7 Å². The van der Waals surface area contributed by atoms with Crippen LogP contribution in [0, 0.1) is 6.92 Å². The van der Waals surface area contributed by atoms with Crippen molar-refractivity contribution in [1.29, 1.82) is 0 Å². The third kappa shape index (κ3) is 1.60. The second-order valence-electron chi connectivity index (χ2n) is 3.80. The summed E-state index contributed by atoms with van der Waals surface area (Å²) in [5, 5.41) is 9.74. The molecule has 0 aromatic heterocycles. The quantitative estimate of drug-likeness (QED) is 0.637. The number of phenols is 1. The summed E-state index contributed by atoms with van der Waals surface area (Å²) in [4.78, 5) is 0.